The summed E-state index contributed by atoms with van der Waals surface area (Å²) in [5.74, 6) is -7.42. The van der Waals surface area contributed by atoms with E-state index in [4.69, 9.17) is 0 Å². The predicted octanol–water partition coefficient (Wildman–Crippen LogP) is 2.53. The van der Waals surface area contributed by atoms with E-state index in [9.17, 15) is 27.2 Å². The fourth-order valence-electron chi connectivity index (χ4n) is 1.17. The van der Waals surface area contributed by atoms with E-state index in [-0.39, 0.29) is 11.8 Å². The first kappa shape index (κ1) is 17.3. The Labute approximate surface area is 110 Å². The quantitative estimate of drug-likeness (QED) is 0.547. The fraction of sp³-hybridized carbons (Fsp3) is 0.800. The number of halogens is 5. The van der Waals surface area contributed by atoms with Crippen molar-refractivity contribution in [3.8, 4) is 0 Å². The van der Waals surface area contributed by atoms with Gasteiger partial charge in [-0.15, -0.1) is 0 Å². The molecule has 0 aliphatic carbocycles. The molecule has 1 unspecified atom stereocenters. The minimum absolute atomic E-state index is 0.137. The van der Waals surface area contributed by atoms with E-state index >= 15 is 0 Å². The highest BCUT2D eigenvalue weighted by molar-refractivity contribution is 9.09. The van der Waals surface area contributed by atoms with Crippen LogP contribution in [0.4, 0.5) is 17.6 Å². The van der Waals surface area contributed by atoms with E-state index < -0.39 is 30.1 Å². The van der Waals surface area contributed by atoms with Crippen LogP contribution < -0.4 is 5.32 Å². The maximum absolute atomic E-state index is 12.7. The summed E-state index contributed by atoms with van der Waals surface area (Å²) >= 11 is 2.84. The molecule has 0 aromatic rings. The average molecular weight is 336 g/mol. The van der Waals surface area contributed by atoms with E-state index in [1.165, 1.54) is 0 Å². The second-order valence-corrected chi connectivity index (χ2v) is 4.25. The van der Waals surface area contributed by atoms with Crippen molar-refractivity contribution < 1.29 is 27.2 Å². The zero-order valence-corrected chi connectivity index (χ0v) is 11.3. The number of hydrogen-bond acceptors (Lipinski definition) is 2. The summed E-state index contributed by atoms with van der Waals surface area (Å²) in [4.78, 5) is 22.3. The maximum atomic E-state index is 12.7. The molecule has 0 fully saturated rings. The summed E-state index contributed by atoms with van der Waals surface area (Å²) in [7, 11) is 0. The third kappa shape index (κ3) is 4.91. The number of hydrogen-bond donors (Lipinski definition) is 1. The summed E-state index contributed by atoms with van der Waals surface area (Å²) in [5.41, 5.74) is 0. The lowest BCUT2D eigenvalue weighted by Crippen LogP contribution is -2.51. The molecule has 0 radical (unpaired) electrons. The first-order valence-electron chi connectivity index (χ1n) is 5.32. The Hall–Kier alpha value is -0.660. The molecule has 18 heavy (non-hydrogen) atoms. The minimum Gasteiger partial charge on any atom is -0.341 e. The Bertz CT molecular complexity index is 300. The molecule has 0 rings (SSSR count). The van der Waals surface area contributed by atoms with Gasteiger partial charge in [0.15, 0.2) is 5.78 Å². The van der Waals surface area contributed by atoms with Crippen molar-refractivity contribution in [2.75, 3.05) is 5.33 Å². The van der Waals surface area contributed by atoms with Gasteiger partial charge in [-0.25, -0.2) is 8.78 Å². The standard InChI is InChI=1S/C10H14BrF4NO2/c1-2-3-4-6(7(17)5-11)16-9(18)10(14,15)8(12)13/h6,8H,2-5H2,1H3,(H,16,18). The van der Waals surface area contributed by atoms with Crippen molar-refractivity contribution in [2.45, 2.75) is 44.6 Å². The normalized spacial score (nSPS) is 13.5. The molecular weight excluding hydrogens is 322 g/mol. The summed E-state index contributed by atoms with van der Waals surface area (Å²) in [6, 6.07) is -1.17. The van der Waals surface area contributed by atoms with Crippen LogP contribution in [0.15, 0.2) is 0 Å². The van der Waals surface area contributed by atoms with Gasteiger partial charge >= 0.3 is 12.3 Å². The Morgan fingerprint density at radius 1 is 1.33 bits per heavy atom. The van der Waals surface area contributed by atoms with Crippen molar-refractivity contribution in [3.63, 3.8) is 0 Å². The van der Waals surface area contributed by atoms with Crippen LogP contribution in [0.25, 0.3) is 0 Å². The van der Waals surface area contributed by atoms with Gasteiger partial charge in [0.25, 0.3) is 5.91 Å². The monoisotopic (exact) mass is 335 g/mol. The van der Waals surface area contributed by atoms with Crippen LogP contribution in [0.5, 0.6) is 0 Å². The number of nitrogens with one attached hydrogen (secondary N) is 1. The van der Waals surface area contributed by atoms with Gasteiger partial charge in [0.2, 0.25) is 0 Å². The highest BCUT2D eigenvalue weighted by Crippen LogP contribution is 2.23. The molecule has 8 heteroatoms. The summed E-state index contributed by atoms with van der Waals surface area (Å²) < 4.78 is 49.3. The highest BCUT2D eigenvalue weighted by Gasteiger charge is 2.49. The zero-order valence-electron chi connectivity index (χ0n) is 9.69. The summed E-state index contributed by atoms with van der Waals surface area (Å²) in [6.45, 7) is 1.81. The van der Waals surface area contributed by atoms with Crippen LogP contribution in [-0.2, 0) is 9.59 Å². The van der Waals surface area contributed by atoms with Gasteiger partial charge in [-0.1, -0.05) is 35.7 Å². The second-order valence-electron chi connectivity index (χ2n) is 3.69. The Kier molecular flexibility index (Phi) is 7.42. The number of carbonyl (C=O) groups is 2. The molecule has 106 valence electrons. The molecule has 3 nitrogen and oxygen atoms in total. The fourth-order valence-corrected chi connectivity index (χ4v) is 1.56. The lowest BCUT2D eigenvalue weighted by Gasteiger charge is -2.20. The first-order chi connectivity index (χ1) is 8.27. The average Bonchev–Trinajstić information content (AvgIpc) is 2.32. The smallest absolute Gasteiger partial charge is 0.341 e. The van der Waals surface area contributed by atoms with Crippen LogP contribution in [0.1, 0.15) is 26.2 Å². The Morgan fingerprint density at radius 2 is 1.89 bits per heavy atom. The van der Waals surface area contributed by atoms with Crippen molar-refractivity contribution in [3.05, 3.63) is 0 Å². The van der Waals surface area contributed by atoms with Gasteiger partial charge in [0.1, 0.15) is 0 Å². The Balaban J connectivity index is 4.67. The third-order valence-corrected chi connectivity index (χ3v) is 2.80. The van der Waals surface area contributed by atoms with Crippen molar-refractivity contribution >= 4 is 27.6 Å². The lowest BCUT2D eigenvalue weighted by molar-refractivity contribution is -0.170. The molecule has 0 saturated heterocycles. The first-order valence-corrected chi connectivity index (χ1v) is 6.45. The number of alkyl halides is 5. The summed E-state index contributed by atoms with van der Waals surface area (Å²) in [5, 5.41) is 1.54. The van der Waals surface area contributed by atoms with Crippen LogP contribution in [0, 0.1) is 0 Å². The van der Waals surface area contributed by atoms with E-state index in [1.807, 2.05) is 6.92 Å². The molecule has 1 N–H and O–H groups in total. The van der Waals surface area contributed by atoms with E-state index in [2.05, 4.69) is 15.9 Å². The topological polar surface area (TPSA) is 46.2 Å². The van der Waals surface area contributed by atoms with Gasteiger partial charge in [0.05, 0.1) is 11.4 Å². The zero-order chi connectivity index (χ0) is 14.3. The summed E-state index contributed by atoms with van der Waals surface area (Å²) in [6.07, 6.45) is -2.74. The number of carbonyl (C=O) groups excluding carboxylic acids is 2. The molecule has 1 atom stereocenters. The molecule has 0 spiro atoms. The lowest BCUT2D eigenvalue weighted by atomic mass is 10.1. The number of rotatable bonds is 8. The van der Waals surface area contributed by atoms with Crippen molar-refractivity contribution in [2.24, 2.45) is 0 Å². The van der Waals surface area contributed by atoms with Gasteiger partial charge in [-0.05, 0) is 6.42 Å². The Morgan fingerprint density at radius 3 is 2.28 bits per heavy atom. The van der Waals surface area contributed by atoms with Gasteiger partial charge < -0.3 is 5.32 Å². The predicted molar refractivity (Wildman–Crippen MR) is 61.2 cm³/mol. The van der Waals surface area contributed by atoms with Crippen LogP contribution in [0.3, 0.4) is 0 Å². The number of ketones is 1. The highest BCUT2D eigenvalue weighted by atomic mass is 79.9. The molecule has 0 saturated carbocycles. The minimum atomic E-state index is -4.78. The number of amides is 1. The molecule has 0 bridgehead atoms. The van der Waals surface area contributed by atoms with Crippen LogP contribution in [0.2, 0.25) is 0 Å². The largest absolute Gasteiger partial charge is 0.383 e. The molecule has 0 aromatic carbocycles. The van der Waals surface area contributed by atoms with Gasteiger partial charge in [-0.2, -0.15) is 8.78 Å². The molecular formula is C10H14BrF4NO2. The van der Waals surface area contributed by atoms with Crippen molar-refractivity contribution in [1.82, 2.24) is 5.32 Å². The van der Waals surface area contributed by atoms with E-state index in [1.54, 1.807) is 5.32 Å². The van der Waals surface area contributed by atoms with Gasteiger partial charge in [0, 0.05) is 0 Å². The second kappa shape index (κ2) is 7.70. The number of unbranched alkanes of at least 4 members (excludes halogenated alkanes) is 1. The molecule has 0 heterocycles. The van der Waals surface area contributed by atoms with E-state index in [0.717, 1.165) is 0 Å². The van der Waals surface area contributed by atoms with Crippen LogP contribution in [-0.4, -0.2) is 35.4 Å². The molecule has 1 amide bonds. The SMILES string of the molecule is CCCCC(NC(=O)C(F)(F)C(F)F)C(=O)CBr. The molecule has 0 aliphatic rings. The van der Waals surface area contributed by atoms with Gasteiger partial charge in [-0.3, -0.25) is 9.59 Å². The van der Waals surface area contributed by atoms with E-state index in [0.29, 0.717) is 12.8 Å². The number of Topliss-reactive ketones (excluding diaryl/α,β-unsaturated/α-hetero) is 1. The van der Waals surface area contributed by atoms with Crippen molar-refractivity contribution in [1.29, 1.82) is 0 Å². The molecule has 0 aliphatic heterocycles. The van der Waals surface area contributed by atoms with Crippen LogP contribution >= 0.6 is 15.9 Å². The molecule has 0 aromatic heterocycles. The maximum Gasteiger partial charge on any atom is 0.383 e. The third-order valence-electron chi connectivity index (χ3n) is 2.25.